The highest BCUT2D eigenvalue weighted by Gasteiger charge is 2.28. The summed E-state index contributed by atoms with van der Waals surface area (Å²) in [7, 11) is -2.90. The first-order valence-electron chi connectivity index (χ1n) is 5.51. The Morgan fingerprint density at radius 3 is 1.93 bits per heavy atom. The van der Waals surface area contributed by atoms with Gasteiger partial charge in [-0.3, -0.25) is 0 Å². The zero-order valence-electron chi connectivity index (χ0n) is 9.97. The molecule has 3 heteroatoms. The molecule has 0 aliphatic rings. The fourth-order valence-corrected chi connectivity index (χ4v) is 1.85. The largest absolute Gasteiger partial charge is 0.229 e. The van der Waals surface area contributed by atoms with E-state index in [1.54, 1.807) is 0 Å². The maximum absolute atomic E-state index is 11.4. The Bertz CT molecular complexity index is 240. The van der Waals surface area contributed by atoms with Crippen LogP contribution in [0.1, 0.15) is 59.3 Å². The summed E-state index contributed by atoms with van der Waals surface area (Å²) in [6, 6.07) is 0. The van der Waals surface area contributed by atoms with Gasteiger partial charge in [0, 0.05) is 6.26 Å². The van der Waals surface area contributed by atoms with Gasteiger partial charge in [-0.25, -0.2) is 8.42 Å². The molecule has 0 aromatic rings. The zero-order valence-corrected chi connectivity index (χ0v) is 10.8. The predicted molar refractivity (Wildman–Crippen MR) is 62.3 cm³/mol. The number of sulfone groups is 1. The molecule has 0 rings (SSSR count). The molecule has 0 atom stereocenters. The van der Waals surface area contributed by atoms with Crippen LogP contribution in [0.2, 0.25) is 0 Å². The standard InChI is InChI=1S/C11H24O2S/c1-5-6-7-8-9-10-11(2,3)14(4,12)13/h5-10H2,1-4H3. The summed E-state index contributed by atoms with van der Waals surface area (Å²) in [5.74, 6) is 0. The van der Waals surface area contributed by atoms with Crippen LogP contribution >= 0.6 is 0 Å². The third-order valence-electron chi connectivity index (χ3n) is 2.89. The molecule has 0 bridgehead atoms. The van der Waals surface area contributed by atoms with Crippen LogP contribution in [0, 0.1) is 0 Å². The molecule has 2 nitrogen and oxygen atoms in total. The van der Waals surface area contributed by atoms with Crippen LogP contribution in [-0.4, -0.2) is 19.4 Å². The molecule has 0 spiro atoms. The molecule has 86 valence electrons. The molecule has 0 aliphatic carbocycles. The Kier molecular flexibility index (Phi) is 5.72. The highest BCUT2D eigenvalue weighted by molar-refractivity contribution is 7.92. The van der Waals surface area contributed by atoms with Crippen molar-refractivity contribution in [3.63, 3.8) is 0 Å². The summed E-state index contributed by atoms with van der Waals surface area (Å²) in [4.78, 5) is 0. The van der Waals surface area contributed by atoms with E-state index in [1.165, 1.54) is 25.5 Å². The summed E-state index contributed by atoms with van der Waals surface area (Å²) in [6.45, 7) is 5.82. The minimum absolute atomic E-state index is 0.542. The van der Waals surface area contributed by atoms with Gasteiger partial charge >= 0.3 is 0 Å². The molecule has 0 saturated carbocycles. The molecule has 0 radical (unpaired) electrons. The molecular weight excluding hydrogens is 196 g/mol. The first kappa shape index (κ1) is 13.9. The maximum Gasteiger partial charge on any atom is 0.152 e. The average molecular weight is 220 g/mol. The number of hydrogen-bond acceptors (Lipinski definition) is 2. The lowest BCUT2D eigenvalue weighted by Gasteiger charge is -2.22. The zero-order chi connectivity index (χ0) is 11.2. The molecule has 0 heterocycles. The monoisotopic (exact) mass is 220 g/mol. The van der Waals surface area contributed by atoms with Crippen molar-refractivity contribution in [3.8, 4) is 0 Å². The van der Waals surface area contributed by atoms with Crippen LogP contribution in [-0.2, 0) is 9.84 Å². The lowest BCUT2D eigenvalue weighted by Crippen LogP contribution is -2.30. The van der Waals surface area contributed by atoms with Gasteiger partial charge < -0.3 is 0 Å². The highest BCUT2D eigenvalue weighted by Crippen LogP contribution is 2.23. The first-order valence-corrected chi connectivity index (χ1v) is 7.40. The van der Waals surface area contributed by atoms with Gasteiger partial charge in [0.15, 0.2) is 9.84 Å². The van der Waals surface area contributed by atoms with Gasteiger partial charge in [0.1, 0.15) is 0 Å². The molecular formula is C11H24O2S. The van der Waals surface area contributed by atoms with Crippen LogP contribution in [0.15, 0.2) is 0 Å². The summed E-state index contributed by atoms with van der Waals surface area (Å²) >= 11 is 0. The molecule has 0 aromatic heterocycles. The SMILES string of the molecule is CCCCCCCC(C)(C)S(C)(=O)=O. The van der Waals surface area contributed by atoms with Crippen LogP contribution < -0.4 is 0 Å². The fraction of sp³-hybridized carbons (Fsp3) is 1.00. The minimum Gasteiger partial charge on any atom is -0.229 e. The third kappa shape index (κ3) is 4.99. The van der Waals surface area contributed by atoms with E-state index in [-0.39, 0.29) is 0 Å². The quantitative estimate of drug-likeness (QED) is 0.618. The van der Waals surface area contributed by atoms with E-state index < -0.39 is 14.6 Å². The van der Waals surface area contributed by atoms with Crippen LogP contribution in [0.25, 0.3) is 0 Å². The van der Waals surface area contributed by atoms with Crippen molar-refractivity contribution in [1.29, 1.82) is 0 Å². The van der Waals surface area contributed by atoms with Crippen LogP contribution in [0.3, 0.4) is 0 Å². The molecule has 0 amide bonds. The van der Waals surface area contributed by atoms with Crippen molar-refractivity contribution in [2.24, 2.45) is 0 Å². The predicted octanol–water partition coefficient (Wildman–Crippen LogP) is 3.17. The molecule has 0 saturated heterocycles. The second-order valence-electron chi connectivity index (χ2n) is 4.70. The Hall–Kier alpha value is -0.0500. The van der Waals surface area contributed by atoms with E-state index in [0.717, 1.165) is 19.3 Å². The average Bonchev–Trinajstić information content (AvgIpc) is 2.02. The van der Waals surface area contributed by atoms with E-state index in [4.69, 9.17) is 0 Å². The minimum atomic E-state index is -2.90. The fourth-order valence-electron chi connectivity index (χ4n) is 1.34. The summed E-state index contributed by atoms with van der Waals surface area (Å²) in [5, 5.41) is 0. The van der Waals surface area contributed by atoms with Gasteiger partial charge in [-0.1, -0.05) is 39.0 Å². The Labute approximate surface area is 89.0 Å². The smallest absolute Gasteiger partial charge is 0.152 e. The van der Waals surface area contributed by atoms with E-state index in [9.17, 15) is 8.42 Å². The number of rotatable bonds is 7. The van der Waals surface area contributed by atoms with Gasteiger partial charge in [0.2, 0.25) is 0 Å². The van der Waals surface area contributed by atoms with Gasteiger partial charge in [-0.05, 0) is 20.3 Å². The highest BCUT2D eigenvalue weighted by atomic mass is 32.2. The normalized spacial score (nSPS) is 13.1. The van der Waals surface area contributed by atoms with Gasteiger partial charge in [-0.15, -0.1) is 0 Å². The lowest BCUT2D eigenvalue weighted by molar-refractivity contribution is 0.503. The summed E-state index contributed by atoms with van der Waals surface area (Å²) in [5.41, 5.74) is 0. The number of unbranched alkanes of at least 4 members (excludes halogenated alkanes) is 4. The van der Waals surface area contributed by atoms with Crippen molar-refractivity contribution in [3.05, 3.63) is 0 Å². The van der Waals surface area contributed by atoms with E-state index >= 15 is 0 Å². The van der Waals surface area contributed by atoms with Gasteiger partial charge in [0.25, 0.3) is 0 Å². The summed E-state index contributed by atoms with van der Waals surface area (Å²) < 4.78 is 22.2. The first-order chi connectivity index (χ1) is 6.31. The number of hydrogen-bond donors (Lipinski definition) is 0. The maximum atomic E-state index is 11.4. The van der Waals surface area contributed by atoms with Crippen molar-refractivity contribution in [2.75, 3.05) is 6.26 Å². The van der Waals surface area contributed by atoms with E-state index in [1.807, 2.05) is 13.8 Å². The Morgan fingerprint density at radius 2 is 1.50 bits per heavy atom. The molecule has 14 heavy (non-hydrogen) atoms. The van der Waals surface area contributed by atoms with Crippen molar-refractivity contribution in [1.82, 2.24) is 0 Å². The topological polar surface area (TPSA) is 34.1 Å². The van der Waals surface area contributed by atoms with Crippen molar-refractivity contribution < 1.29 is 8.42 Å². The van der Waals surface area contributed by atoms with Crippen LogP contribution in [0.4, 0.5) is 0 Å². The van der Waals surface area contributed by atoms with Gasteiger partial charge in [-0.2, -0.15) is 0 Å². The van der Waals surface area contributed by atoms with Crippen molar-refractivity contribution in [2.45, 2.75) is 64.0 Å². The van der Waals surface area contributed by atoms with E-state index in [0.29, 0.717) is 0 Å². The molecule has 0 aliphatic heterocycles. The molecule has 0 unspecified atom stereocenters. The van der Waals surface area contributed by atoms with Gasteiger partial charge in [0.05, 0.1) is 4.75 Å². The van der Waals surface area contributed by atoms with Crippen LogP contribution in [0.5, 0.6) is 0 Å². The van der Waals surface area contributed by atoms with Crippen molar-refractivity contribution >= 4 is 9.84 Å². The van der Waals surface area contributed by atoms with E-state index in [2.05, 4.69) is 6.92 Å². The summed E-state index contributed by atoms with van der Waals surface area (Å²) in [6.07, 6.45) is 8.03. The molecule has 0 aromatic carbocycles. The lowest BCUT2D eigenvalue weighted by atomic mass is 10.0. The third-order valence-corrected chi connectivity index (χ3v) is 5.10. The molecule has 0 N–H and O–H groups in total. The Balaban J connectivity index is 3.79. The Morgan fingerprint density at radius 1 is 1.00 bits per heavy atom. The second kappa shape index (κ2) is 5.74. The molecule has 0 fully saturated rings. The second-order valence-corrected chi connectivity index (χ2v) is 7.35.